The predicted molar refractivity (Wildman–Crippen MR) is 70.2 cm³/mol. The second-order valence-electron chi connectivity index (χ2n) is 4.64. The van der Waals surface area contributed by atoms with Gasteiger partial charge in [0.15, 0.2) is 0 Å². The summed E-state index contributed by atoms with van der Waals surface area (Å²) >= 11 is 5.88. The van der Waals surface area contributed by atoms with Crippen molar-refractivity contribution in [1.82, 2.24) is 10.6 Å². The highest BCUT2D eigenvalue weighted by molar-refractivity contribution is 6.30. The van der Waals surface area contributed by atoms with E-state index in [4.69, 9.17) is 23.1 Å². The van der Waals surface area contributed by atoms with Crippen molar-refractivity contribution < 1.29 is 0 Å². The molecule has 1 aromatic rings. The van der Waals surface area contributed by atoms with Crippen molar-refractivity contribution in [2.45, 2.75) is 32.1 Å². The molecule has 0 amide bonds. The van der Waals surface area contributed by atoms with Gasteiger partial charge in [-0.05, 0) is 38.1 Å². The zero-order valence-electron chi connectivity index (χ0n) is 9.94. The molecular weight excluding hydrogens is 238 g/mol. The molecule has 1 fully saturated rings. The molecule has 0 saturated carbocycles. The molecule has 1 aromatic carbocycles. The highest BCUT2D eigenvalue weighted by atomic mass is 35.5. The van der Waals surface area contributed by atoms with Crippen LogP contribution < -0.4 is 27.0 Å². The summed E-state index contributed by atoms with van der Waals surface area (Å²) in [5.41, 5.74) is 12.5. The van der Waals surface area contributed by atoms with E-state index in [1.54, 1.807) is 0 Å². The Balaban J connectivity index is 2.32. The Kier molecular flexibility index (Phi) is 3.29. The topological polar surface area (TPSA) is 79.3 Å². The van der Waals surface area contributed by atoms with Gasteiger partial charge < -0.3 is 10.6 Å². The molecule has 0 bridgehead atoms. The number of rotatable bonds is 1. The van der Waals surface area contributed by atoms with E-state index >= 15 is 0 Å². The molecular formula is C11H18ClN5. The number of halogens is 1. The van der Waals surface area contributed by atoms with E-state index in [9.17, 15) is 0 Å². The van der Waals surface area contributed by atoms with Gasteiger partial charge in [-0.2, -0.15) is 0 Å². The lowest BCUT2D eigenvalue weighted by atomic mass is 10.1. The van der Waals surface area contributed by atoms with Crippen LogP contribution in [0.5, 0.6) is 0 Å². The number of anilines is 1. The van der Waals surface area contributed by atoms with E-state index in [1.807, 2.05) is 43.0 Å². The highest BCUT2D eigenvalue weighted by Gasteiger charge is 2.37. The summed E-state index contributed by atoms with van der Waals surface area (Å²) in [5.74, 6) is 0. The molecule has 6 N–H and O–H groups in total. The molecule has 0 radical (unpaired) electrons. The Morgan fingerprint density at radius 1 is 1.24 bits per heavy atom. The standard InChI is InChI=1S/C11H18ClN5/c1-11(2)16-9(13)15-10(14)17(11)8-5-3-7(12)4-6-8/h3-6,9-10,15-16H,13-14H2,1-2H3. The lowest BCUT2D eigenvalue weighted by Crippen LogP contribution is -2.78. The fraction of sp³-hybridized carbons (Fsp3) is 0.455. The lowest BCUT2D eigenvalue weighted by Gasteiger charge is -2.50. The van der Waals surface area contributed by atoms with Crippen LogP contribution in [0.25, 0.3) is 0 Å². The van der Waals surface area contributed by atoms with Crippen molar-refractivity contribution in [2.24, 2.45) is 11.5 Å². The summed E-state index contributed by atoms with van der Waals surface area (Å²) in [6.07, 6.45) is -0.661. The first-order valence-electron chi connectivity index (χ1n) is 5.50. The molecule has 1 aliphatic heterocycles. The molecule has 2 unspecified atom stereocenters. The van der Waals surface area contributed by atoms with Gasteiger partial charge in [-0.15, -0.1) is 0 Å². The SMILES string of the molecule is CC1(C)NC(N)NC(N)N1c1ccc(Cl)cc1. The van der Waals surface area contributed by atoms with E-state index in [-0.39, 0.29) is 18.2 Å². The molecule has 0 aliphatic carbocycles. The monoisotopic (exact) mass is 255 g/mol. The van der Waals surface area contributed by atoms with Crippen LogP contribution in [0.15, 0.2) is 24.3 Å². The molecule has 2 atom stereocenters. The molecule has 0 aromatic heterocycles. The van der Waals surface area contributed by atoms with Crippen molar-refractivity contribution in [2.75, 3.05) is 4.90 Å². The number of hydrogen-bond acceptors (Lipinski definition) is 5. The second-order valence-corrected chi connectivity index (χ2v) is 5.08. The van der Waals surface area contributed by atoms with Gasteiger partial charge in [-0.25, -0.2) is 0 Å². The third-order valence-electron chi connectivity index (χ3n) is 2.84. The molecule has 94 valence electrons. The maximum absolute atomic E-state index is 6.08. The van der Waals surface area contributed by atoms with Crippen LogP contribution in [-0.2, 0) is 0 Å². The van der Waals surface area contributed by atoms with Crippen LogP contribution in [0.4, 0.5) is 5.69 Å². The molecule has 2 rings (SSSR count). The van der Waals surface area contributed by atoms with Crippen LogP contribution in [0, 0.1) is 0 Å². The Hall–Kier alpha value is -0.850. The Labute approximate surface area is 106 Å². The molecule has 1 saturated heterocycles. The van der Waals surface area contributed by atoms with E-state index in [2.05, 4.69) is 10.6 Å². The van der Waals surface area contributed by atoms with Gasteiger partial charge in [0.2, 0.25) is 0 Å². The van der Waals surface area contributed by atoms with Crippen LogP contribution >= 0.6 is 11.6 Å². The zero-order chi connectivity index (χ0) is 12.6. The Bertz CT molecular complexity index is 391. The Morgan fingerprint density at radius 3 is 2.35 bits per heavy atom. The summed E-state index contributed by atoms with van der Waals surface area (Å²) in [4.78, 5) is 2.02. The molecule has 1 heterocycles. The fourth-order valence-electron chi connectivity index (χ4n) is 2.18. The smallest absolute Gasteiger partial charge is 0.135 e. The van der Waals surface area contributed by atoms with Gasteiger partial charge in [0.1, 0.15) is 12.6 Å². The molecule has 6 heteroatoms. The maximum atomic E-state index is 6.08. The normalized spacial score (nSPS) is 28.2. The van der Waals surface area contributed by atoms with Gasteiger partial charge >= 0.3 is 0 Å². The Morgan fingerprint density at radius 2 is 1.82 bits per heavy atom. The number of hydrogen-bond donors (Lipinski definition) is 4. The van der Waals surface area contributed by atoms with Crippen LogP contribution in [0.3, 0.4) is 0 Å². The van der Waals surface area contributed by atoms with Crippen LogP contribution in [0.2, 0.25) is 5.02 Å². The van der Waals surface area contributed by atoms with E-state index in [0.717, 1.165) is 5.69 Å². The van der Waals surface area contributed by atoms with Crippen molar-refractivity contribution in [3.8, 4) is 0 Å². The van der Waals surface area contributed by atoms with E-state index in [1.165, 1.54) is 0 Å². The van der Waals surface area contributed by atoms with E-state index < -0.39 is 0 Å². The van der Waals surface area contributed by atoms with Gasteiger partial charge in [0.25, 0.3) is 0 Å². The molecule has 0 spiro atoms. The third-order valence-corrected chi connectivity index (χ3v) is 3.10. The number of benzene rings is 1. The quantitative estimate of drug-likeness (QED) is 0.590. The minimum Gasteiger partial charge on any atom is -0.326 e. The predicted octanol–water partition coefficient (Wildman–Crippen LogP) is 0.560. The third kappa shape index (κ3) is 2.53. The van der Waals surface area contributed by atoms with Crippen molar-refractivity contribution in [3.63, 3.8) is 0 Å². The first-order valence-corrected chi connectivity index (χ1v) is 5.88. The van der Waals surface area contributed by atoms with Crippen LogP contribution in [-0.4, -0.2) is 18.2 Å². The largest absolute Gasteiger partial charge is 0.326 e. The van der Waals surface area contributed by atoms with Crippen molar-refractivity contribution >= 4 is 17.3 Å². The van der Waals surface area contributed by atoms with Crippen molar-refractivity contribution in [3.05, 3.63) is 29.3 Å². The average Bonchev–Trinajstić information content (AvgIpc) is 2.18. The molecule has 5 nitrogen and oxygen atoms in total. The fourth-order valence-corrected chi connectivity index (χ4v) is 2.31. The summed E-state index contributed by atoms with van der Waals surface area (Å²) in [6, 6.07) is 7.55. The minimum atomic E-state index is -0.345. The lowest BCUT2D eigenvalue weighted by molar-refractivity contribution is 0.190. The van der Waals surface area contributed by atoms with Crippen molar-refractivity contribution in [1.29, 1.82) is 0 Å². The van der Waals surface area contributed by atoms with Gasteiger partial charge in [0, 0.05) is 10.7 Å². The minimum absolute atomic E-state index is 0.316. The number of nitrogens with zero attached hydrogens (tertiary/aromatic N) is 1. The molecule has 17 heavy (non-hydrogen) atoms. The number of nitrogens with two attached hydrogens (primary N) is 2. The van der Waals surface area contributed by atoms with Crippen LogP contribution in [0.1, 0.15) is 13.8 Å². The summed E-state index contributed by atoms with van der Waals surface area (Å²) in [6.45, 7) is 4.06. The van der Waals surface area contributed by atoms with Gasteiger partial charge in [-0.1, -0.05) is 11.6 Å². The number of nitrogens with one attached hydrogen (secondary N) is 2. The average molecular weight is 256 g/mol. The maximum Gasteiger partial charge on any atom is 0.135 e. The molecule has 1 aliphatic rings. The zero-order valence-corrected chi connectivity index (χ0v) is 10.7. The van der Waals surface area contributed by atoms with Gasteiger partial charge in [0.05, 0.1) is 5.66 Å². The summed E-state index contributed by atoms with van der Waals surface area (Å²) in [5, 5.41) is 6.97. The summed E-state index contributed by atoms with van der Waals surface area (Å²) < 4.78 is 0. The first kappa shape index (κ1) is 12.6. The summed E-state index contributed by atoms with van der Waals surface area (Å²) in [7, 11) is 0. The second kappa shape index (κ2) is 4.44. The first-order chi connectivity index (χ1) is 7.90. The van der Waals surface area contributed by atoms with Gasteiger partial charge in [-0.3, -0.25) is 16.4 Å². The highest BCUT2D eigenvalue weighted by Crippen LogP contribution is 2.26. The van der Waals surface area contributed by atoms with E-state index in [0.29, 0.717) is 5.02 Å².